The highest BCUT2D eigenvalue weighted by Crippen LogP contribution is 2.31. The van der Waals surface area contributed by atoms with E-state index in [9.17, 15) is 24.1 Å². The van der Waals surface area contributed by atoms with Crippen LogP contribution in [-0.4, -0.2) is 22.8 Å². The van der Waals surface area contributed by atoms with Crippen molar-refractivity contribution in [2.75, 3.05) is 16.0 Å². The summed E-state index contributed by atoms with van der Waals surface area (Å²) in [4.78, 5) is 36.0. The van der Waals surface area contributed by atoms with Gasteiger partial charge in [0.25, 0.3) is 17.5 Å². The molecule has 1 aliphatic carbocycles. The lowest BCUT2D eigenvalue weighted by Gasteiger charge is -2.10. The van der Waals surface area contributed by atoms with Gasteiger partial charge in [0.15, 0.2) is 0 Å². The molecule has 8 nitrogen and oxygen atoms in total. The van der Waals surface area contributed by atoms with Crippen LogP contribution in [0.5, 0.6) is 0 Å². The molecular formula is C23H19FN4O4. The molecule has 0 radical (unpaired) electrons. The number of anilines is 3. The van der Waals surface area contributed by atoms with Gasteiger partial charge in [0.1, 0.15) is 11.5 Å². The van der Waals surface area contributed by atoms with Crippen LogP contribution < -0.4 is 16.0 Å². The van der Waals surface area contributed by atoms with Crippen LogP contribution in [0.25, 0.3) is 0 Å². The van der Waals surface area contributed by atoms with Gasteiger partial charge < -0.3 is 16.0 Å². The summed E-state index contributed by atoms with van der Waals surface area (Å²) in [5.41, 5.74) is 1.22. The van der Waals surface area contributed by atoms with Gasteiger partial charge in [-0.05, 0) is 61.4 Å². The molecule has 0 heterocycles. The summed E-state index contributed by atoms with van der Waals surface area (Å²) in [6.07, 6.45) is 1.92. The molecule has 2 amide bonds. The summed E-state index contributed by atoms with van der Waals surface area (Å²) in [5, 5.41) is 19.7. The Morgan fingerprint density at radius 3 is 2.12 bits per heavy atom. The molecule has 32 heavy (non-hydrogen) atoms. The molecule has 0 atom stereocenters. The number of nitro groups is 1. The number of amides is 2. The minimum Gasteiger partial charge on any atom is -0.377 e. The smallest absolute Gasteiger partial charge is 0.293 e. The van der Waals surface area contributed by atoms with Gasteiger partial charge in [0, 0.05) is 34.6 Å². The second-order valence-electron chi connectivity index (χ2n) is 7.41. The van der Waals surface area contributed by atoms with E-state index in [4.69, 9.17) is 0 Å². The average molecular weight is 434 g/mol. The van der Waals surface area contributed by atoms with Gasteiger partial charge in [0.05, 0.1) is 4.92 Å². The summed E-state index contributed by atoms with van der Waals surface area (Å²) in [6, 6.07) is 16.2. The fourth-order valence-corrected chi connectivity index (χ4v) is 3.10. The van der Waals surface area contributed by atoms with Crippen molar-refractivity contribution in [1.29, 1.82) is 0 Å². The minimum absolute atomic E-state index is 0.118. The summed E-state index contributed by atoms with van der Waals surface area (Å²) in [7, 11) is 0. The van der Waals surface area contributed by atoms with Gasteiger partial charge in [-0.1, -0.05) is 12.1 Å². The Balaban J connectivity index is 1.48. The van der Waals surface area contributed by atoms with Crippen LogP contribution in [-0.2, 0) is 0 Å². The van der Waals surface area contributed by atoms with Crippen molar-refractivity contribution in [3.8, 4) is 0 Å². The van der Waals surface area contributed by atoms with E-state index in [1.165, 1.54) is 42.5 Å². The third-order valence-electron chi connectivity index (χ3n) is 4.86. The van der Waals surface area contributed by atoms with Crippen molar-refractivity contribution in [1.82, 2.24) is 0 Å². The maximum Gasteiger partial charge on any atom is 0.293 e. The second kappa shape index (κ2) is 8.84. The number of rotatable bonds is 7. The monoisotopic (exact) mass is 434 g/mol. The first kappa shape index (κ1) is 21.0. The first-order valence-corrected chi connectivity index (χ1v) is 9.92. The number of halogens is 1. The molecule has 0 unspecified atom stereocenters. The number of hydrogen-bond donors (Lipinski definition) is 3. The number of nitrogens with zero attached hydrogens (tertiary/aromatic N) is 1. The van der Waals surface area contributed by atoms with E-state index in [0.29, 0.717) is 17.1 Å². The van der Waals surface area contributed by atoms with Crippen LogP contribution in [0.1, 0.15) is 33.6 Å². The third kappa shape index (κ3) is 5.07. The van der Waals surface area contributed by atoms with Crippen LogP contribution in [0.2, 0.25) is 0 Å². The number of hydrogen-bond acceptors (Lipinski definition) is 5. The van der Waals surface area contributed by atoms with Crippen LogP contribution in [0.3, 0.4) is 0 Å². The Morgan fingerprint density at radius 2 is 1.50 bits per heavy atom. The Hall–Kier alpha value is -4.27. The molecule has 9 heteroatoms. The van der Waals surface area contributed by atoms with Gasteiger partial charge in [-0.2, -0.15) is 0 Å². The number of carbonyl (C=O) groups is 2. The molecule has 0 bridgehead atoms. The Labute approximate surface area is 182 Å². The van der Waals surface area contributed by atoms with Gasteiger partial charge >= 0.3 is 0 Å². The highest BCUT2D eigenvalue weighted by atomic mass is 19.1. The van der Waals surface area contributed by atoms with Crippen LogP contribution in [0.4, 0.5) is 27.1 Å². The molecule has 0 aliphatic heterocycles. The lowest BCUT2D eigenvalue weighted by Crippen LogP contribution is -2.15. The zero-order chi connectivity index (χ0) is 22.7. The van der Waals surface area contributed by atoms with Gasteiger partial charge in [0.2, 0.25) is 0 Å². The predicted molar refractivity (Wildman–Crippen MR) is 118 cm³/mol. The molecule has 0 saturated heterocycles. The van der Waals surface area contributed by atoms with Gasteiger partial charge in [-0.3, -0.25) is 19.7 Å². The molecule has 1 saturated carbocycles. The summed E-state index contributed by atoms with van der Waals surface area (Å²) >= 11 is 0. The zero-order valence-electron chi connectivity index (χ0n) is 16.8. The molecule has 4 rings (SSSR count). The van der Waals surface area contributed by atoms with E-state index in [2.05, 4.69) is 16.0 Å². The molecule has 3 aromatic rings. The zero-order valence-corrected chi connectivity index (χ0v) is 16.8. The lowest BCUT2D eigenvalue weighted by molar-refractivity contribution is -0.384. The molecule has 162 valence electrons. The van der Waals surface area contributed by atoms with E-state index in [1.807, 2.05) is 0 Å². The fourth-order valence-electron chi connectivity index (χ4n) is 3.10. The highest BCUT2D eigenvalue weighted by Gasteiger charge is 2.25. The standard InChI is InChI=1S/C23H19FN4O4/c24-16-4-2-6-19(13-16)27-22(29)14-3-1-5-18(11-14)26-23(30)15-7-10-20(25-17-8-9-17)21(12-15)28(31)32/h1-7,10-13,17,25H,8-9H2,(H,26,30)(H,27,29). The van der Waals surface area contributed by atoms with Gasteiger partial charge in [-0.15, -0.1) is 0 Å². The first-order chi connectivity index (χ1) is 15.4. The SMILES string of the molecule is O=C(Nc1cccc(F)c1)c1cccc(NC(=O)c2ccc(NC3CC3)c([N+](=O)[O-])c2)c1. The lowest BCUT2D eigenvalue weighted by atomic mass is 10.1. The fraction of sp³-hybridized carbons (Fsp3) is 0.130. The number of benzene rings is 3. The quantitative estimate of drug-likeness (QED) is 0.365. The summed E-state index contributed by atoms with van der Waals surface area (Å²) in [5.74, 6) is -1.50. The first-order valence-electron chi connectivity index (χ1n) is 9.92. The van der Waals surface area contributed by atoms with Gasteiger partial charge in [-0.25, -0.2) is 4.39 Å². The Bertz CT molecular complexity index is 1210. The van der Waals surface area contributed by atoms with E-state index in [-0.39, 0.29) is 22.9 Å². The van der Waals surface area contributed by atoms with Crippen molar-refractivity contribution < 1.29 is 18.9 Å². The molecule has 1 aliphatic rings. The topological polar surface area (TPSA) is 113 Å². The van der Waals surface area contributed by atoms with E-state index >= 15 is 0 Å². The summed E-state index contributed by atoms with van der Waals surface area (Å²) < 4.78 is 13.3. The maximum absolute atomic E-state index is 13.3. The molecule has 3 aromatic carbocycles. The Morgan fingerprint density at radius 1 is 0.875 bits per heavy atom. The van der Waals surface area contributed by atoms with Crippen molar-refractivity contribution in [3.63, 3.8) is 0 Å². The predicted octanol–water partition coefficient (Wildman–Crippen LogP) is 4.81. The van der Waals surface area contributed by atoms with Crippen LogP contribution in [0, 0.1) is 15.9 Å². The normalized spacial score (nSPS) is 12.7. The van der Waals surface area contributed by atoms with E-state index in [0.717, 1.165) is 12.8 Å². The largest absolute Gasteiger partial charge is 0.377 e. The maximum atomic E-state index is 13.3. The van der Waals surface area contributed by atoms with E-state index < -0.39 is 22.6 Å². The molecule has 0 aromatic heterocycles. The third-order valence-corrected chi connectivity index (χ3v) is 4.86. The van der Waals surface area contributed by atoms with Crippen molar-refractivity contribution in [2.24, 2.45) is 0 Å². The number of nitro benzene ring substituents is 1. The van der Waals surface area contributed by atoms with Crippen molar-refractivity contribution in [3.05, 3.63) is 93.8 Å². The molecular weight excluding hydrogens is 415 g/mol. The van der Waals surface area contributed by atoms with Crippen LogP contribution >= 0.6 is 0 Å². The minimum atomic E-state index is -0.547. The molecule has 1 fully saturated rings. The molecule has 0 spiro atoms. The van der Waals surface area contributed by atoms with Crippen molar-refractivity contribution in [2.45, 2.75) is 18.9 Å². The number of nitrogens with one attached hydrogen (secondary N) is 3. The molecule has 3 N–H and O–H groups in total. The van der Waals surface area contributed by atoms with E-state index in [1.54, 1.807) is 24.3 Å². The Kier molecular flexibility index (Phi) is 5.80. The summed E-state index contributed by atoms with van der Waals surface area (Å²) in [6.45, 7) is 0. The highest BCUT2D eigenvalue weighted by molar-refractivity contribution is 6.07. The second-order valence-corrected chi connectivity index (χ2v) is 7.41. The van der Waals surface area contributed by atoms with Crippen LogP contribution in [0.15, 0.2) is 66.7 Å². The number of carbonyl (C=O) groups excluding carboxylic acids is 2. The van der Waals surface area contributed by atoms with Crippen molar-refractivity contribution >= 4 is 34.6 Å². The average Bonchev–Trinajstić information content (AvgIpc) is 3.58.